The predicted molar refractivity (Wildman–Crippen MR) is 94.2 cm³/mol. The smallest absolute Gasteiger partial charge is 0.251 e. The van der Waals surface area contributed by atoms with Crippen molar-refractivity contribution < 1.29 is 4.79 Å². The van der Waals surface area contributed by atoms with E-state index >= 15 is 0 Å². The van der Waals surface area contributed by atoms with Gasteiger partial charge in [-0.2, -0.15) is 4.98 Å². The zero-order valence-electron chi connectivity index (χ0n) is 13.9. The predicted octanol–water partition coefficient (Wildman–Crippen LogP) is 2.69. The molecule has 122 valence electrons. The second-order valence-electron chi connectivity index (χ2n) is 6.74. The van der Waals surface area contributed by atoms with Crippen molar-refractivity contribution in [3.8, 4) is 11.1 Å². The lowest BCUT2D eigenvalue weighted by atomic mass is 9.78. The van der Waals surface area contributed by atoms with E-state index in [-0.39, 0.29) is 11.3 Å². The molecule has 0 spiro atoms. The number of nitrogens with zero attached hydrogens (tertiary/aromatic N) is 2. The molecule has 0 bridgehead atoms. The number of hydrogen-bond donors (Lipinski definition) is 3. The molecule has 3 heterocycles. The summed E-state index contributed by atoms with van der Waals surface area (Å²) >= 11 is 0. The van der Waals surface area contributed by atoms with E-state index in [2.05, 4.69) is 45.5 Å². The lowest BCUT2D eigenvalue weighted by Crippen LogP contribution is -2.43. The van der Waals surface area contributed by atoms with Gasteiger partial charge < -0.3 is 15.6 Å². The molecule has 0 saturated carbocycles. The van der Waals surface area contributed by atoms with Crippen molar-refractivity contribution in [2.24, 2.45) is 0 Å². The van der Waals surface area contributed by atoms with Crippen LogP contribution in [0.2, 0.25) is 0 Å². The molecule has 4 rings (SSSR count). The summed E-state index contributed by atoms with van der Waals surface area (Å²) in [7, 11) is 1.79. The largest absolute Gasteiger partial charge is 0.357 e. The second-order valence-corrected chi connectivity index (χ2v) is 6.74. The maximum atomic E-state index is 12.1. The highest BCUT2D eigenvalue weighted by Gasteiger charge is 2.31. The highest BCUT2D eigenvalue weighted by Crippen LogP contribution is 2.35. The van der Waals surface area contributed by atoms with Crippen molar-refractivity contribution in [1.82, 2.24) is 20.3 Å². The summed E-state index contributed by atoms with van der Waals surface area (Å²) in [6, 6.07) is 6.00. The Morgan fingerprint density at radius 1 is 1.25 bits per heavy atom. The molecule has 1 aromatic carbocycles. The van der Waals surface area contributed by atoms with Crippen LogP contribution in [0.15, 0.2) is 30.6 Å². The number of aromatic nitrogens is 3. The first-order chi connectivity index (χ1) is 11.5. The van der Waals surface area contributed by atoms with Crippen LogP contribution < -0.4 is 10.6 Å². The van der Waals surface area contributed by atoms with E-state index in [1.165, 1.54) is 0 Å². The number of rotatable bonds is 2. The fourth-order valence-corrected chi connectivity index (χ4v) is 3.23. The molecule has 0 atom stereocenters. The molecule has 0 radical (unpaired) electrons. The maximum Gasteiger partial charge on any atom is 0.251 e. The Balaban J connectivity index is 1.88. The van der Waals surface area contributed by atoms with Gasteiger partial charge >= 0.3 is 0 Å². The quantitative estimate of drug-likeness (QED) is 0.678. The van der Waals surface area contributed by atoms with Gasteiger partial charge in [0.1, 0.15) is 5.65 Å². The van der Waals surface area contributed by atoms with Crippen LogP contribution in [0.5, 0.6) is 0 Å². The van der Waals surface area contributed by atoms with Crippen LogP contribution in [0, 0.1) is 0 Å². The van der Waals surface area contributed by atoms with Crippen molar-refractivity contribution in [2.75, 3.05) is 18.9 Å². The Morgan fingerprint density at radius 2 is 2.08 bits per heavy atom. The van der Waals surface area contributed by atoms with Crippen molar-refractivity contribution in [1.29, 1.82) is 0 Å². The fourth-order valence-electron chi connectivity index (χ4n) is 3.23. The Labute approximate surface area is 139 Å². The Kier molecular flexibility index (Phi) is 3.09. The number of benzene rings is 1. The molecule has 0 aliphatic carbocycles. The number of fused-ring (bicyclic) bond motifs is 2. The number of nitrogens with one attached hydrogen (secondary N) is 3. The van der Waals surface area contributed by atoms with E-state index in [9.17, 15) is 4.79 Å². The van der Waals surface area contributed by atoms with E-state index in [4.69, 9.17) is 0 Å². The molecule has 1 amide bonds. The Hall–Kier alpha value is -2.89. The van der Waals surface area contributed by atoms with Crippen LogP contribution in [0.4, 0.5) is 5.95 Å². The number of aromatic amines is 1. The van der Waals surface area contributed by atoms with Crippen molar-refractivity contribution in [2.45, 2.75) is 19.3 Å². The molecule has 6 nitrogen and oxygen atoms in total. The molecule has 24 heavy (non-hydrogen) atoms. The average molecular weight is 321 g/mol. The summed E-state index contributed by atoms with van der Waals surface area (Å²) in [5.41, 5.74) is 4.62. The molecule has 3 N–H and O–H groups in total. The molecule has 6 heteroatoms. The zero-order chi connectivity index (χ0) is 16.9. The first-order valence-corrected chi connectivity index (χ1v) is 7.94. The van der Waals surface area contributed by atoms with E-state index in [1.54, 1.807) is 7.05 Å². The van der Waals surface area contributed by atoms with Gasteiger partial charge in [-0.15, -0.1) is 0 Å². The number of anilines is 1. The third kappa shape index (κ3) is 2.14. The summed E-state index contributed by atoms with van der Waals surface area (Å²) in [6.45, 7) is 4.93. The van der Waals surface area contributed by atoms with Crippen molar-refractivity contribution in [3.05, 3.63) is 41.7 Å². The van der Waals surface area contributed by atoms with E-state index in [0.29, 0.717) is 12.5 Å². The molecule has 1 aliphatic heterocycles. The minimum absolute atomic E-state index is 0.00297. The minimum Gasteiger partial charge on any atom is -0.357 e. The molecule has 3 aromatic rings. The summed E-state index contributed by atoms with van der Waals surface area (Å²) in [5, 5.41) is 6.86. The molecule has 1 aliphatic rings. The fraction of sp³-hybridized carbons (Fsp3) is 0.278. The monoisotopic (exact) mass is 321 g/mol. The summed E-state index contributed by atoms with van der Waals surface area (Å²) in [4.78, 5) is 24.0. The Morgan fingerprint density at radius 3 is 2.88 bits per heavy atom. The van der Waals surface area contributed by atoms with Gasteiger partial charge in [0.25, 0.3) is 5.91 Å². The highest BCUT2D eigenvalue weighted by atomic mass is 16.1. The molecule has 0 unspecified atom stereocenters. The molecule has 0 fully saturated rings. The standard InChI is InChI=1S/C18H19N5O/c1-18(2)9-22-16(24)11-5-4-10(6-14(11)18)12-7-20-15-13(12)8-21-17(19-3)23-15/h4-8H,9H2,1-3H3,(H,22,24)(H2,19,20,21,23). The van der Waals surface area contributed by atoms with Gasteiger partial charge in [0.2, 0.25) is 5.95 Å². The van der Waals surface area contributed by atoms with Crippen molar-refractivity contribution in [3.63, 3.8) is 0 Å². The van der Waals surface area contributed by atoms with Gasteiger partial charge in [0, 0.05) is 47.9 Å². The van der Waals surface area contributed by atoms with Crippen LogP contribution in [0.1, 0.15) is 29.8 Å². The number of amides is 1. The highest BCUT2D eigenvalue weighted by molar-refractivity contribution is 5.99. The van der Waals surface area contributed by atoms with Crippen LogP contribution >= 0.6 is 0 Å². The minimum atomic E-state index is -0.0961. The molecular weight excluding hydrogens is 302 g/mol. The third-order valence-corrected chi connectivity index (χ3v) is 4.65. The summed E-state index contributed by atoms with van der Waals surface area (Å²) < 4.78 is 0. The maximum absolute atomic E-state index is 12.1. The SMILES string of the molecule is CNc1ncc2c(-c3ccc4c(c3)C(C)(C)CNC4=O)c[nH]c2n1. The van der Waals surface area contributed by atoms with Crippen molar-refractivity contribution >= 4 is 22.9 Å². The van der Waals surface area contributed by atoms with E-state index in [0.717, 1.165) is 33.3 Å². The molecular formula is C18H19N5O. The van der Waals surface area contributed by atoms with Gasteiger partial charge in [-0.1, -0.05) is 19.9 Å². The average Bonchev–Trinajstić information content (AvgIpc) is 3.01. The number of H-pyrrole nitrogens is 1. The first-order valence-electron chi connectivity index (χ1n) is 7.94. The van der Waals surface area contributed by atoms with Gasteiger partial charge in [-0.25, -0.2) is 4.98 Å². The second kappa shape index (κ2) is 5.06. The van der Waals surface area contributed by atoms with Gasteiger partial charge in [0.15, 0.2) is 0 Å². The van der Waals surface area contributed by atoms with E-state index < -0.39 is 0 Å². The van der Waals surface area contributed by atoms with E-state index in [1.807, 2.05) is 24.5 Å². The summed E-state index contributed by atoms with van der Waals surface area (Å²) in [6.07, 6.45) is 3.76. The van der Waals surface area contributed by atoms with Crippen LogP contribution in [0.25, 0.3) is 22.2 Å². The topological polar surface area (TPSA) is 82.7 Å². The normalized spacial score (nSPS) is 15.9. The first kappa shape index (κ1) is 14.7. The van der Waals surface area contributed by atoms with Gasteiger partial charge in [-0.05, 0) is 23.3 Å². The van der Waals surface area contributed by atoms with Gasteiger partial charge in [-0.3, -0.25) is 4.79 Å². The van der Waals surface area contributed by atoms with Crippen LogP contribution in [0.3, 0.4) is 0 Å². The lowest BCUT2D eigenvalue weighted by Gasteiger charge is -2.32. The third-order valence-electron chi connectivity index (χ3n) is 4.65. The molecule has 2 aromatic heterocycles. The van der Waals surface area contributed by atoms with Crippen LogP contribution in [-0.2, 0) is 5.41 Å². The number of carbonyl (C=O) groups excluding carboxylic acids is 1. The number of carbonyl (C=O) groups is 1. The lowest BCUT2D eigenvalue weighted by molar-refractivity contribution is 0.0930. The zero-order valence-corrected chi connectivity index (χ0v) is 13.9. The summed E-state index contributed by atoms with van der Waals surface area (Å²) in [5.74, 6) is 0.580. The number of hydrogen-bond acceptors (Lipinski definition) is 4. The Bertz CT molecular complexity index is 957. The van der Waals surface area contributed by atoms with Gasteiger partial charge in [0.05, 0.1) is 0 Å². The van der Waals surface area contributed by atoms with Crippen LogP contribution in [-0.4, -0.2) is 34.5 Å². The molecule has 0 saturated heterocycles.